The van der Waals surface area contributed by atoms with Crippen molar-refractivity contribution < 1.29 is 9.53 Å². The molecule has 0 heterocycles. The first-order chi connectivity index (χ1) is 8.83. The van der Waals surface area contributed by atoms with Crippen LogP contribution in [0.3, 0.4) is 0 Å². The Labute approximate surface area is 108 Å². The zero-order chi connectivity index (χ0) is 12.4. The lowest BCUT2D eigenvalue weighted by Gasteiger charge is -2.14. The van der Waals surface area contributed by atoms with Crippen molar-refractivity contribution in [3.8, 4) is 5.75 Å². The average molecular weight is 244 g/mol. The first-order valence-electron chi connectivity index (χ1n) is 7.12. The van der Waals surface area contributed by atoms with Crippen LogP contribution in [-0.2, 0) is 4.79 Å². The molecule has 0 radical (unpaired) electrons. The highest BCUT2D eigenvalue weighted by Gasteiger charge is 2.25. The van der Waals surface area contributed by atoms with Crippen LogP contribution >= 0.6 is 0 Å². The molecule has 1 unspecified atom stereocenters. The fourth-order valence-corrected chi connectivity index (χ4v) is 2.70. The third-order valence-corrected chi connectivity index (χ3v) is 3.89. The van der Waals surface area contributed by atoms with Gasteiger partial charge < -0.3 is 4.74 Å². The Morgan fingerprint density at radius 2 is 1.94 bits per heavy atom. The summed E-state index contributed by atoms with van der Waals surface area (Å²) >= 11 is 0. The van der Waals surface area contributed by atoms with Gasteiger partial charge in [-0.2, -0.15) is 0 Å². The van der Waals surface area contributed by atoms with Gasteiger partial charge in [0.2, 0.25) is 0 Å². The predicted molar refractivity (Wildman–Crippen MR) is 70.9 cm³/mol. The maximum Gasteiger partial charge on any atom is 0.140 e. The number of hydrogen-bond acceptors (Lipinski definition) is 2. The molecule has 2 heteroatoms. The van der Waals surface area contributed by atoms with Crippen LogP contribution in [-0.4, -0.2) is 11.9 Å². The normalized spacial score (nSPS) is 24.7. The second kappa shape index (κ2) is 5.13. The van der Waals surface area contributed by atoms with E-state index >= 15 is 0 Å². The molecule has 0 aromatic heterocycles. The minimum atomic E-state index is 0.107. The highest BCUT2D eigenvalue weighted by Crippen LogP contribution is 2.32. The fourth-order valence-electron chi connectivity index (χ4n) is 2.70. The van der Waals surface area contributed by atoms with Crippen molar-refractivity contribution in [2.24, 2.45) is 0 Å². The Bertz CT molecular complexity index is 434. The summed E-state index contributed by atoms with van der Waals surface area (Å²) in [4.78, 5) is 12.1. The van der Waals surface area contributed by atoms with Gasteiger partial charge >= 0.3 is 0 Å². The average Bonchev–Trinajstić information content (AvgIpc) is 3.18. The molecule has 2 nitrogen and oxygen atoms in total. The van der Waals surface area contributed by atoms with Gasteiger partial charge in [-0.3, -0.25) is 4.79 Å². The van der Waals surface area contributed by atoms with Crippen LogP contribution in [0.1, 0.15) is 56.4 Å². The molecule has 0 spiro atoms. The SMILES string of the molecule is O=C1CCCCCC1c1cccc(OC2CC2)c1. The van der Waals surface area contributed by atoms with E-state index in [-0.39, 0.29) is 5.92 Å². The molecular formula is C16H20O2. The van der Waals surface area contributed by atoms with Crippen LogP contribution in [0.4, 0.5) is 0 Å². The maximum atomic E-state index is 12.1. The molecule has 2 fully saturated rings. The summed E-state index contributed by atoms with van der Waals surface area (Å²) in [5.41, 5.74) is 1.15. The van der Waals surface area contributed by atoms with Crippen LogP contribution in [0.25, 0.3) is 0 Å². The zero-order valence-corrected chi connectivity index (χ0v) is 10.7. The molecule has 96 valence electrons. The van der Waals surface area contributed by atoms with Crippen molar-refractivity contribution in [1.29, 1.82) is 0 Å². The summed E-state index contributed by atoms with van der Waals surface area (Å²) < 4.78 is 5.81. The minimum absolute atomic E-state index is 0.107. The number of ketones is 1. The summed E-state index contributed by atoms with van der Waals surface area (Å²) in [6.07, 6.45) is 7.95. The van der Waals surface area contributed by atoms with Crippen LogP contribution in [0, 0.1) is 0 Å². The molecule has 0 saturated heterocycles. The van der Waals surface area contributed by atoms with Crippen LogP contribution in [0.15, 0.2) is 24.3 Å². The third-order valence-electron chi connectivity index (χ3n) is 3.89. The quantitative estimate of drug-likeness (QED) is 0.755. The summed E-state index contributed by atoms with van der Waals surface area (Å²) in [6.45, 7) is 0. The smallest absolute Gasteiger partial charge is 0.140 e. The molecule has 2 saturated carbocycles. The highest BCUT2D eigenvalue weighted by atomic mass is 16.5. The number of rotatable bonds is 3. The fraction of sp³-hybridized carbons (Fsp3) is 0.562. The largest absolute Gasteiger partial charge is 0.490 e. The Hall–Kier alpha value is -1.31. The number of Topliss-reactive ketones (excluding diaryl/α,β-unsaturated/α-hetero) is 1. The third kappa shape index (κ3) is 2.74. The lowest BCUT2D eigenvalue weighted by molar-refractivity contribution is -0.120. The van der Waals surface area contributed by atoms with E-state index in [9.17, 15) is 4.79 Å². The van der Waals surface area contributed by atoms with E-state index in [0.29, 0.717) is 11.9 Å². The lowest BCUT2D eigenvalue weighted by atomic mass is 9.91. The standard InChI is InChI=1S/C16H20O2/c17-16-8-3-1-2-7-15(16)12-5-4-6-14(11-12)18-13-9-10-13/h4-6,11,13,15H,1-3,7-10H2. The molecule has 1 aromatic rings. The Morgan fingerprint density at radius 1 is 1.06 bits per heavy atom. The number of hydrogen-bond donors (Lipinski definition) is 0. The van der Waals surface area contributed by atoms with E-state index in [2.05, 4.69) is 12.1 Å². The lowest BCUT2D eigenvalue weighted by Crippen LogP contribution is -2.10. The second-order valence-corrected chi connectivity index (χ2v) is 5.51. The van der Waals surface area contributed by atoms with E-state index in [1.165, 1.54) is 25.7 Å². The first kappa shape index (κ1) is 11.8. The van der Waals surface area contributed by atoms with Gasteiger partial charge in [0.15, 0.2) is 0 Å². The summed E-state index contributed by atoms with van der Waals surface area (Å²) in [6, 6.07) is 8.17. The van der Waals surface area contributed by atoms with E-state index in [1.807, 2.05) is 12.1 Å². The van der Waals surface area contributed by atoms with Gasteiger partial charge in [0.25, 0.3) is 0 Å². The number of carbonyl (C=O) groups excluding carboxylic acids is 1. The van der Waals surface area contributed by atoms with E-state index in [1.54, 1.807) is 0 Å². The van der Waals surface area contributed by atoms with E-state index < -0.39 is 0 Å². The van der Waals surface area contributed by atoms with E-state index in [4.69, 9.17) is 4.74 Å². The molecule has 1 atom stereocenters. The van der Waals surface area contributed by atoms with Crippen molar-refractivity contribution in [1.82, 2.24) is 0 Å². The highest BCUT2D eigenvalue weighted by molar-refractivity contribution is 5.86. The number of benzene rings is 1. The van der Waals surface area contributed by atoms with Crippen molar-refractivity contribution in [2.75, 3.05) is 0 Å². The second-order valence-electron chi connectivity index (χ2n) is 5.51. The Kier molecular flexibility index (Phi) is 3.35. The topological polar surface area (TPSA) is 26.3 Å². The molecule has 2 aliphatic carbocycles. The van der Waals surface area contributed by atoms with Gasteiger partial charge in [0.05, 0.1) is 6.10 Å². The number of carbonyl (C=O) groups is 1. The molecular weight excluding hydrogens is 224 g/mol. The summed E-state index contributed by atoms with van der Waals surface area (Å²) in [7, 11) is 0. The van der Waals surface area contributed by atoms with Crippen molar-refractivity contribution in [2.45, 2.75) is 57.0 Å². The first-order valence-corrected chi connectivity index (χ1v) is 7.12. The van der Waals surface area contributed by atoms with Gasteiger partial charge in [-0.1, -0.05) is 25.0 Å². The van der Waals surface area contributed by atoms with Crippen LogP contribution in [0.5, 0.6) is 5.75 Å². The minimum Gasteiger partial charge on any atom is -0.490 e. The van der Waals surface area contributed by atoms with Gasteiger partial charge in [0, 0.05) is 12.3 Å². The molecule has 2 aliphatic rings. The van der Waals surface area contributed by atoms with Gasteiger partial charge in [0.1, 0.15) is 11.5 Å². The predicted octanol–water partition coefficient (Wildman–Crippen LogP) is 3.84. The summed E-state index contributed by atoms with van der Waals surface area (Å²) in [5.74, 6) is 1.46. The van der Waals surface area contributed by atoms with Crippen LogP contribution < -0.4 is 4.74 Å². The van der Waals surface area contributed by atoms with E-state index in [0.717, 1.165) is 30.6 Å². The monoisotopic (exact) mass is 244 g/mol. The van der Waals surface area contributed by atoms with Crippen molar-refractivity contribution in [3.63, 3.8) is 0 Å². The maximum absolute atomic E-state index is 12.1. The summed E-state index contributed by atoms with van der Waals surface area (Å²) in [5, 5.41) is 0. The molecule has 0 amide bonds. The molecule has 3 rings (SSSR count). The zero-order valence-electron chi connectivity index (χ0n) is 10.7. The van der Waals surface area contributed by atoms with Gasteiger partial charge in [-0.15, -0.1) is 0 Å². The van der Waals surface area contributed by atoms with Crippen LogP contribution in [0.2, 0.25) is 0 Å². The molecule has 0 aliphatic heterocycles. The van der Waals surface area contributed by atoms with Gasteiger partial charge in [-0.25, -0.2) is 0 Å². The van der Waals surface area contributed by atoms with Gasteiger partial charge in [-0.05, 0) is 43.4 Å². The molecule has 0 N–H and O–H groups in total. The Balaban J connectivity index is 1.78. The van der Waals surface area contributed by atoms with Crippen molar-refractivity contribution >= 4 is 5.78 Å². The number of ether oxygens (including phenoxy) is 1. The van der Waals surface area contributed by atoms with Crippen molar-refractivity contribution in [3.05, 3.63) is 29.8 Å². The molecule has 0 bridgehead atoms. The molecule has 18 heavy (non-hydrogen) atoms. The Morgan fingerprint density at radius 3 is 2.78 bits per heavy atom. The molecule has 1 aromatic carbocycles.